The lowest BCUT2D eigenvalue weighted by molar-refractivity contribution is 0.670. The molecule has 0 saturated carbocycles. The molecule has 2 aromatic heterocycles. The van der Waals surface area contributed by atoms with Crippen molar-refractivity contribution in [1.82, 2.24) is 4.57 Å². The fourth-order valence-corrected chi connectivity index (χ4v) is 8.63. The maximum absolute atomic E-state index is 6.45. The maximum Gasteiger partial charge on any atom is 0.143 e. The maximum atomic E-state index is 6.45. The number of anilines is 3. The van der Waals surface area contributed by atoms with Crippen LogP contribution in [0.4, 0.5) is 17.1 Å². The average Bonchev–Trinajstić information content (AvgIpc) is 3.84. The Labute approximate surface area is 330 Å². The van der Waals surface area contributed by atoms with Crippen molar-refractivity contribution in [2.45, 2.75) is 0 Å². The second kappa shape index (κ2) is 13.6. The molecule has 11 aromatic rings. The molecule has 0 radical (unpaired) electrons. The summed E-state index contributed by atoms with van der Waals surface area (Å²) in [5.41, 5.74) is 15.4. The molecule has 268 valence electrons. The van der Waals surface area contributed by atoms with Crippen LogP contribution in [0.2, 0.25) is 0 Å². The van der Waals surface area contributed by atoms with E-state index in [2.05, 4.69) is 216 Å². The van der Waals surface area contributed by atoms with Gasteiger partial charge in [0.05, 0.1) is 22.4 Å². The molecule has 0 aliphatic carbocycles. The van der Waals surface area contributed by atoms with Gasteiger partial charge in [0.2, 0.25) is 0 Å². The number of furan rings is 1. The van der Waals surface area contributed by atoms with Crippen molar-refractivity contribution in [3.63, 3.8) is 0 Å². The topological polar surface area (TPSA) is 21.3 Å². The van der Waals surface area contributed by atoms with Gasteiger partial charge in [-0.25, -0.2) is 0 Å². The van der Waals surface area contributed by atoms with E-state index >= 15 is 0 Å². The molecule has 0 bridgehead atoms. The first kappa shape index (κ1) is 32.8. The Morgan fingerprint density at radius 3 is 1.70 bits per heavy atom. The second-order valence-electron chi connectivity index (χ2n) is 14.5. The zero-order valence-corrected chi connectivity index (χ0v) is 31.1. The van der Waals surface area contributed by atoms with Gasteiger partial charge in [0, 0.05) is 49.6 Å². The van der Waals surface area contributed by atoms with Crippen molar-refractivity contribution >= 4 is 60.8 Å². The van der Waals surface area contributed by atoms with Crippen LogP contribution < -0.4 is 4.90 Å². The van der Waals surface area contributed by atoms with E-state index < -0.39 is 0 Å². The second-order valence-corrected chi connectivity index (χ2v) is 14.5. The van der Waals surface area contributed by atoms with E-state index in [1.807, 2.05) is 12.1 Å². The number of fused-ring (bicyclic) bond motifs is 6. The number of nitrogens with zero attached hydrogens (tertiary/aromatic N) is 2. The molecule has 3 nitrogen and oxygen atoms in total. The molecule has 0 saturated heterocycles. The van der Waals surface area contributed by atoms with Crippen LogP contribution in [-0.4, -0.2) is 4.57 Å². The SMILES string of the molecule is c1ccc(-c2ccccc2N(c2ccc(-c3cccc4c3oc3ccccc34)cc2)c2cccc(-c3ccccc3-n3c4ccccc4c4ccccc43)c2)cc1. The highest BCUT2D eigenvalue weighted by atomic mass is 16.3. The smallest absolute Gasteiger partial charge is 0.143 e. The molecule has 3 heteroatoms. The molecule has 0 N–H and O–H groups in total. The normalized spacial score (nSPS) is 11.5. The number of hydrogen-bond donors (Lipinski definition) is 0. The number of aromatic nitrogens is 1. The van der Waals surface area contributed by atoms with Gasteiger partial charge in [-0.05, 0) is 71.3 Å². The molecule has 0 atom stereocenters. The number of benzene rings is 9. The van der Waals surface area contributed by atoms with Gasteiger partial charge in [0.15, 0.2) is 0 Å². The highest BCUT2D eigenvalue weighted by molar-refractivity contribution is 6.11. The monoisotopic (exact) mass is 728 g/mol. The summed E-state index contributed by atoms with van der Waals surface area (Å²) >= 11 is 0. The third kappa shape index (κ3) is 5.51. The van der Waals surface area contributed by atoms with Crippen molar-refractivity contribution in [2.75, 3.05) is 4.90 Å². The third-order valence-electron chi connectivity index (χ3n) is 11.2. The largest absolute Gasteiger partial charge is 0.455 e. The van der Waals surface area contributed by atoms with Gasteiger partial charge in [-0.1, -0.05) is 164 Å². The highest BCUT2D eigenvalue weighted by Gasteiger charge is 2.20. The number of rotatable bonds is 7. The standard InChI is InChI=1S/C54H36N2O/c1-2-16-37(17-3-1)42-20-4-9-27-49(42)55(40-34-32-38(33-35-40)44-25-15-26-48-47-24-8-13-31-53(47)57-54(44)48)41-19-14-18-39(36-41)43-21-5-10-28-50(43)56-51-29-11-6-22-45(51)46-23-7-12-30-52(46)56/h1-36H. The Balaban J connectivity index is 1.08. The number of para-hydroxylation sites is 6. The minimum atomic E-state index is 0.903. The summed E-state index contributed by atoms with van der Waals surface area (Å²) in [6.45, 7) is 0. The zero-order chi connectivity index (χ0) is 37.7. The predicted molar refractivity (Wildman–Crippen MR) is 239 cm³/mol. The Morgan fingerprint density at radius 1 is 0.351 bits per heavy atom. The first-order valence-electron chi connectivity index (χ1n) is 19.4. The first-order valence-corrected chi connectivity index (χ1v) is 19.4. The Kier molecular flexibility index (Phi) is 7.82. The molecule has 9 aromatic carbocycles. The molecule has 0 fully saturated rings. The van der Waals surface area contributed by atoms with E-state index in [0.29, 0.717) is 0 Å². The van der Waals surface area contributed by atoms with Gasteiger partial charge in [-0.2, -0.15) is 0 Å². The molecule has 0 aliphatic heterocycles. The minimum Gasteiger partial charge on any atom is -0.455 e. The van der Waals surface area contributed by atoms with Gasteiger partial charge in [-0.15, -0.1) is 0 Å². The molecule has 0 amide bonds. The van der Waals surface area contributed by atoms with Crippen LogP contribution in [0.15, 0.2) is 223 Å². The van der Waals surface area contributed by atoms with Gasteiger partial charge >= 0.3 is 0 Å². The number of hydrogen-bond acceptors (Lipinski definition) is 2. The van der Waals surface area contributed by atoms with E-state index in [0.717, 1.165) is 72.5 Å². The van der Waals surface area contributed by atoms with Crippen LogP contribution in [0, 0.1) is 0 Å². The highest BCUT2D eigenvalue weighted by Crippen LogP contribution is 2.44. The van der Waals surface area contributed by atoms with Crippen LogP contribution in [0.1, 0.15) is 0 Å². The quantitative estimate of drug-likeness (QED) is 0.163. The zero-order valence-electron chi connectivity index (χ0n) is 31.1. The minimum absolute atomic E-state index is 0.903. The van der Waals surface area contributed by atoms with Crippen LogP contribution in [0.25, 0.3) is 82.8 Å². The first-order chi connectivity index (χ1) is 28.3. The summed E-state index contributed by atoms with van der Waals surface area (Å²) in [6.07, 6.45) is 0. The summed E-state index contributed by atoms with van der Waals surface area (Å²) in [5, 5.41) is 4.76. The van der Waals surface area contributed by atoms with Crippen molar-refractivity contribution in [3.05, 3.63) is 218 Å². The lowest BCUT2D eigenvalue weighted by atomic mass is 9.99. The summed E-state index contributed by atoms with van der Waals surface area (Å²) in [7, 11) is 0. The molecule has 0 aliphatic rings. The van der Waals surface area contributed by atoms with Crippen LogP contribution in [-0.2, 0) is 0 Å². The third-order valence-corrected chi connectivity index (χ3v) is 11.2. The predicted octanol–water partition coefficient (Wildman–Crippen LogP) is 15.2. The Hall–Kier alpha value is -7.62. The van der Waals surface area contributed by atoms with Crippen molar-refractivity contribution in [2.24, 2.45) is 0 Å². The van der Waals surface area contributed by atoms with Crippen LogP contribution in [0.3, 0.4) is 0 Å². The van der Waals surface area contributed by atoms with E-state index in [9.17, 15) is 0 Å². The summed E-state index contributed by atoms with van der Waals surface area (Å²) < 4.78 is 8.86. The lowest BCUT2D eigenvalue weighted by Crippen LogP contribution is -2.11. The molecule has 2 heterocycles. The molecule has 0 unspecified atom stereocenters. The van der Waals surface area contributed by atoms with Gasteiger partial charge in [-0.3, -0.25) is 0 Å². The molecule has 57 heavy (non-hydrogen) atoms. The fourth-order valence-electron chi connectivity index (χ4n) is 8.63. The molecule has 11 rings (SSSR count). The van der Waals surface area contributed by atoms with E-state index in [1.165, 1.54) is 27.4 Å². The summed E-state index contributed by atoms with van der Waals surface area (Å²) in [6, 6.07) is 78.1. The average molecular weight is 729 g/mol. The molecule has 0 spiro atoms. The molecular weight excluding hydrogens is 693 g/mol. The van der Waals surface area contributed by atoms with Gasteiger partial charge in [0.25, 0.3) is 0 Å². The van der Waals surface area contributed by atoms with Gasteiger partial charge in [0.1, 0.15) is 11.2 Å². The van der Waals surface area contributed by atoms with Gasteiger partial charge < -0.3 is 13.9 Å². The lowest BCUT2D eigenvalue weighted by Gasteiger charge is -2.28. The Bertz CT molecular complexity index is 3190. The summed E-state index contributed by atoms with van der Waals surface area (Å²) in [4.78, 5) is 2.39. The van der Waals surface area contributed by atoms with E-state index in [4.69, 9.17) is 4.42 Å². The van der Waals surface area contributed by atoms with Crippen LogP contribution in [0.5, 0.6) is 0 Å². The van der Waals surface area contributed by atoms with Crippen LogP contribution >= 0.6 is 0 Å². The summed E-state index contributed by atoms with van der Waals surface area (Å²) in [5.74, 6) is 0. The van der Waals surface area contributed by atoms with E-state index in [-0.39, 0.29) is 0 Å². The van der Waals surface area contributed by atoms with Crippen molar-refractivity contribution in [1.29, 1.82) is 0 Å². The Morgan fingerprint density at radius 2 is 0.912 bits per heavy atom. The van der Waals surface area contributed by atoms with Crippen molar-refractivity contribution in [3.8, 4) is 39.1 Å². The van der Waals surface area contributed by atoms with E-state index in [1.54, 1.807) is 0 Å². The van der Waals surface area contributed by atoms with Crippen molar-refractivity contribution < 1.29 is 4.42 Å². The fraction of sp³-hybridized carbons (Fsp3) is 0. The molecular formula is C54H36N2O.